The fourth-order valence-corrected chi connectivity index (χ4v) is 3.53. The minimum atomic E-state index is -2.00. The average molecular weight is 369 g/mol. The Balaban J connectivity index is 1.82. The molecule has 0 aromatic heterocycles. The van der Waals surface area contributed by atoms with Crippen LogP contribution in [0.2, 0.25) is 0 Å². The summed E-state index contributed by atoms with van der Waals surface area (Å²) in [6.45, 7) is 3.86. The van der Waals surface area contributed by atoms with E-state index in [1.54, 1.807) is 12.2 Å². The highest BCUT2D eigenvalue weighted by Crippen LogP contribution is 2.39. The Morgan fingerprint density at radius 1 is 1.48 bits per heavy atom. The van der Waals surface area contributed by atoms with Gasteiger partial charge in [0.1, 0.15) is 11.9 Å². The molecule has 0 radical (unpaired) electrons. The summed E-state index contributed by atoms with van der Waals surface area (Å²) in [5.74, 6) is -0.135. The van der Waals surface area contributed by atoms with E-state index in [0.29, 0.717) is 17.9 Å². The number of aliphatic hydroxyl groups is 3. The van der Waals surface area contributed by atoms with Crippen LogP contribution in [0.3, 0.4) is 0 Å². The molecule has 5 atom stereocenters. The molecule has 7 heteroatoms. The van der Waals surface area contributed by atoms with Crippen LogP contribution in [-0.4, -0.2) is 51.6 Å². The van der Waals surface area contributed by atoms with Gasteiger partial charge in [0.15, 0.2) is 5.60 Å². The van der Waals surface area contributed by atoms with Crippen molar-refractivity contribution in [1.82, 2.24) is 0 Å². The highest BCUT2D eigenvalue weighted by Gasteiger charge is 2.48. The topological polar surface area (TPSA) is 96.2 Å². The SMILES string of the molecule is CC1CCOC1C(O)/C=C/C1=CC2=C(Cl)C(=O)C(C)(O)C(O)C2=CO1. The van der Waals surface area contributed by atoms with Crippen LogP contribution in [0.4, 0.5) is 0 Å². The molecular formula is C18H21ClO6. The molecule has 0 spiro atoms. The molecule has 1 fully saturated rings. The first-order chi connectivity index (χ1) is 11.7. The Labute approximate surface area is 150 Å². The number of allylic oxidation sites excluding steroid dienone is 2. The van der Waals surface area contributed by atoms with Crippen molar-refractivity contribution in [2.75, 3.05) is 6.61 Å². The molecule has 3 N–H and O–H groups in total. The Bertz CT molecular complexity index is 702. The van der Waals surface area contributed by atoms with Crippen LogP contribution in [0.25, 0.3) is 0 Å². The van der Waals surface area contributed by atoms with Crippen LogP contribution in [0.15, 0.2) is 46.4 Å². The van der Waals surface area contributed by atoms with Gasteiger partial charge in [-0.3, -0.25) is 4.79 Å². The molecular weight excluding hydrogens is 348 g/mol. The molecule has 0 saturated carbocycles. The normalized spacial score (nSPS) is 36.9. The number of carbonyl (C=O) groups is 1. The molecule has 2 heterocycles. The number of rotatable bonds is 3. The molecule has 0 aromatic rings. The van der Waals surface area contributed by atoms with Gasteiger partial charge in [-0.2, -0.15) is 0 Å². The number of aliphatic hydroxyl groups excluding tert-OH is 2. The van der Waals surface area contributed by atoms with Gasteiger partial charge in [0, 0.05) is 17.8 Å². The van der Waals surface area contributed by atoms with Crippen LogP contribution < -0.4 is 0 Å². The smallest absolute Gasteiger partial charge is 0.209 e. The van der Waals surface area contributed by atoms with Gasteiger partial charge in [0.2, 0.25) is 5.78 Å². The summed E-state index contributed by atoms with van der Waals surface area (Å²) in [6.07, 6.45) is 4.30. The molecule has 1 saturated heterocycles. The van der Waals surface area contributed by atoms with Crippen LogP contribution in [0, 0.1) is 5.92 Å². The lowest BCUT2D eigenvalue weighted by Crippen LogP contribution is -2.51. The molecule has 0 aromatic carbocycles. The second-order valence-corrected chi connectivity index (χ2v) is 7.17. The largest absolute Gasteiger partial charge is 0.465 e. The van der Waals surface area contributed by atoms with Crippen molar-refractivity contribution in [3.05, 3.63) is 46.4 Å². The van der Waals surface area contributed by atoms with E-state index in [1.807, 2.05) is 6.92 Å². The van der Waals surface area contributed by atoms with E-state index in [9.17, 15) is 20.1 Å². The van der Waals surface area contributed by atoms with Crippen LogP contribution in [0.1, 0.15) is 20.3 Å². The first-order valence-corrected chi connectivity index (χ1v) is 8.53. The van der Waals surface area contributed by atoms with Gasteiger partial charge < -0.3 is 24.8 Å². The number of halogens is 1. The maximum Gasteiger partial charge on any atom is 0.209 e. The lowest BCUT2D eigenvalue weighted by Gasteiger charge is -2.35. The van der Waals surface area contributed by atoms with Crippen molar-refractivity contribution in [3.8, 4) is 0 Å². The van der Waals surface area contributed by atoms with E-state index >= 15 is 0 Å². The second kappa shape index (κ2) is 6.70. The predicted molar refractivity (Wildman–Crippen MR) is 90.4 cm³/mol. The highest BCUT2D eigenvalue weighted by atomic mass is 35.5. The monoisotopic (exact) mass is 368 g/mol. The lowest BCUT2D eigenvalue weighted by atomic mass is 9.79. The summed E-state index contributed by atoms with van der Waals surface area (Å²) in [7, 11) is 0. The summed E-state index contributed by atoms with van der Waals surface area (Å²) >= 11 is 6.07. The number of hydrogen-bond acceptors (Lipinski definition) is 6. The van der Waals surface area contributed by atoms with Gasteiger partial charge in [-0.15, -0.1) is 0 Å². The predicted octanol–water partition coefficient (Wildman–Crippen LogP) is 1.31. The molecule has 3 rings (SSSR count). The van der Waals surface area contributed by atoms with Crippen LogP contribution in [0.5, 0.6) is 0 Å². The van der Waals surface area contributed by atoms with Gasteiger partial charge in [-0.1, -0.05) is 18.5 Å². The van der Waals surface area contributed by atoms with Crippen LogP contribution in [-0.2, 0) is 14.3 Å². The zero-order valence-electron chi connectivity index (χ0n) is 14.0. The van der Waals surface area contributed by atoms with Gasteiger partial charge in [-0.25, -0.2) is 0 Å². The van der Waals surface area contributed by atoms with E-state index in [-0.39, 0.29) is 22.6 Å². The third kappa shape index (κ3) is 3.20. The number of Topliss-reactive ketones (excluding diaryl/α,β-unsaturated/α-hetero) is 1. The molecule has 0 amide bonds. The van der Waals surface area contributed by atoms with E-state index in [0.717, 1.165) is 6.42 Å². The molecule has 6 nitrogen and oxygen atoms in total. The van der Waals surface area contributed by atoms with Crippen molar-refractivity contribution < 1.29 is 29.6 Å². The van der Waals surface area contributed by atoms with Crippen molar-refractivity contribution in [2.45, 2.75) is 44.2 Å². The Morgan fingerprint density at radius 3 is 2.84 bits per heavy atom. The number of fused-ring (bicyclic) bond motifs is 1. The molecule has 25 heavy (non-hydrogen) atoms. The number of hydrogen-bond donors (Lipinski definition) is 3. The van der Waals surface area contributed by atoms with E-state index in [2.05, 4.69) is 0 Å². The lowest BCUT2D eigenvalue weighted by molar-refractivity contribution is -0.140. The number of ketones is 1. The van der Waals surface area contributed by atoms with Crippen LogP contribution >= 0.6 is 11.6 Å². The van der Waals surface area contributed by atoms with Gasteiger partial charge in [0.05, 0.1) is 23.5 Å². The Hall–Kier alpha value is -1.44. The summed E-state index contributed by atoms with van der Waals surface area (Å²) in [5.41, 5.74) is -1.46. The maximum absolute atomic E-state index is 12.1. The fraction of sp³-hybridized carbons (Fsp3) is 0.500. The summed E-state index contributed by atoms with van der Waals surface area (Å²) in [6, 6.07) is 0. The van der Waals surface area contributed by atoms with Crippen molar-refractivity contribution >= 4 is 17.4 Å². The minimum Gasteiger partial charge on any atom is -0.465 e. The summed E-state index contributed by atoms with van der Waals surface area (Å²) in [5, 5.41) is 30.3. The standard InChI is InChI=1S/C18H21ClO6/c1-9-5-6-24-15(9)13(20)4-3-10-7-11-12(8-25-10)16(21)18(2,23)17(22)14(11)19/h3-4,7-9,13,15-16,20-21,23H,5-6H2,1-2H3/b4-3+. The van der Waals surface area contributed by atoms with E-state index < -0.39 is 23.6 Å². The Kier molecular flexibility index (Phi) is 4.92. The quantitative estimate of drug-likeness (QED) is 0.695. The van der Waals surface area contributed by atoms with Gasteiger partial charge in [0.25, 0.3) is 0 Å². The van der Waals surface area contributed by atoms with E-state index in [4.69, 9.17) is 21.1 Å². The number of carbonyl (C=O) groups excluding carboxylic acids is 1. The molecule has 136 valence electrons. The first kappa shape index (κ1) is 18.4. The second-order valence-electron chi connectivity index (χ2n) is 6.80. The zero-order chi connectivity index (χ0) is 18.4. The molecule has 5 unspecified atom stereocenters. The minimum absolute atomic E-state index is 0.163. The third-order valence-electron chi connectivity index (χ3n) is 4.88. The van der Waals surface area contributed by atoms with Crippen molar-refractivity contribution in [2.24, 2.45) is 5.92 Å². The molecule has 1 aliphatic carbocycles. The van der Waals surface area contributed by atoms with Gasteiger partial charge in [-0.05, 0) is 37.5 Å². The fourth-order valence-electron chi connectivity index (χ4n) is 3.17. The van der Waals surface area contributed by atoms with E-state index in [1.165, 1.54) is 19.3 Å². The zero-order valence-corrected chi connectivity index (χ0v) is 14.7. The average Bonchev–Trinajstić information content (AvgIpc) is 3.02. The summed E-state index contributed by atoms with van der Waals surface area (Å²) in [4.78, 5) is 12.1. The van der Waals surface area contributed by atoms with Crippen molar-refractivity contribution in [3.63, 3.8) is 0 Å². The molecule has 2 aliphatic heterocycles. The third-order valence-corrected chi connectivity index (χ3v) is 5.26. The first-order valence-electron chi connectivity index (χ1n) is 8.15. The highest BCUT2D eigenvalue weighted by molar-refractivity contribution is 6.45. The summed E-state index contributed by atoms with van der Waals surface area (Å²) < 4.78 is 10.9. The van der Waals surface area contributed by atoms with Gasteiger partial charge >= 0.3 is 0 Å². The molecule has 3 aliphatic rings. The number of ether oxygens (including phenoxy) is 2. The maximum atomic E-state index is 12.1. The Morgan fingerprint density at radius 2 is 2.20 bits per heavy atom. The van der Waals surface area contributed by atoms with Crippen molar-refractivity contribution in [1.29, 1.82) is 0 Å². The molecule has 0 bridgehead atoms.